The zero-order chi connectivity index (χ0) is 12.3. The number of phenolic OH excluding ortho intramolecular Hbond substituents is 1. The first-order valence-electron chi connectivity index (χ1n) is 4.82. The standard InChI is InChI=1S/C11H15NO4/c1-6-3-4-8(13)10(16-2)9(6)7(5-12)11(14)15/h3-4,7,13H,5,12H2,1-2H3,(H,14,15). The van der Waals surface area contributed by atoms with Crippen LogP contribution in [0.1, 0.15) is 17.0 Å². The van der Waals surface area contributed by atoms with Crippen LogP contribution in [-0.2, 0) is 4.79 Å². The van der Waals surface area contributed by atoms with Gasteiger partial charge in [-0.1, -0.05) is 6.07 Å². The average molecular weight is 225 g/mol. The second-order valence-electron chi connectivity index (χ2n) is 3.48. The van der Waals surface area contributed by atoms with Crippen molar-refractivity contribution in [2.75, 3.05) is 13.7 Å². The van der Waals surface area contributed by atoms with Gasteiger partial charge in [-0.2, -0.15) is 0 Å². The highest BCUT2D eigenvalue weighted by atomic mass is 16.5. The maximum absolute atomic E-state index is 11.0. The van der Waals surface area contributed by atoms with E-state index in [1.807, 2.05) is 0 Å². The Morgan fingerprint density at radius 2 is 2.19 bits per heavy atom. The first-order valence-corrected chi connectivity index (χ1v) is 4.82. The Morgan fingerprint density at radius 3 is 2.62 bits per heavy atom. The third kappa shape index (κ3) is 2.09. The number of aryl methyl sites for hydroxylation is 1. The van der Waals surface area contributed by atoms with E-state index in [0.29, 0.717) is 5.56 Å². The van der Waals surface area contributed by atoms with Gasteiger partial charge in [0.25, 0.3) is 0 Å². The van der Waals surface area contributed by atoms with Crippen LogP contribution in [0.2, 0.25) is 0 Å². The van der Waals surface area contributed by atoms with Crippen molar-refractivity contribution in [2.24, 2.45) is 5.73 Å². The molecule has 0 aliphatic heterocycles. The molecule has 0 heterocycles. The minimum absolute atomic E-state index is 0.0456. The van der Waals surface area contributed by atoms with Crippen molar-refractivity contribution in [2.45, 2.75) is 12.8 Å². The summed E-state index contributed by atoms with van der Waals surface area (Å²) in [5.74, 6) is -1.81. The van der Waals surface area contributed by atoms with E-state index >= 15 is 0 Å². The summed E-state index contributed by atoms with van der Waals surface area (Å²) in [6.45, 7) is 1.71. The van der Waals surface area contributed by atoms with Gasteiger partial charge in [0.1, 0.15) is 0 Å². The highest BCUT2D eigenvalue weighted by Crippen LogP contribution is 2.37. The molecule has 1 aromatic carbocycles. The van der Waals surface area contributed by atoms with E-state index in [1.165, 1.54) is 13.2 Å². The maximum Gasteiger partial charge on any atom is 0.312 e. The van der Waals surface area contributed by atoms with Crippen LogP contribution in [0.3, 0.4) is 0 Å². The first-order chi connectivity index (χ1) is 7.52. The Labute approximate surface area is 93.5 Å². The van der Waals surface area contributed by atoms with Gasteiger partial charge in [0.05, 0.1) is 13.0 Å². The highest BCUT2D eigenvalue weighted by Gasteiger charge is 2.25. The van der Waals surface area contributed by atoms with E-state index in [9.17, 15) is 9.90 Å². The van der Waals surface area contributed by atoms with Crippen molar-refractivity contribution >= 4 is 5.97 Å². The van der Waals surface area contributed by atoms with E-state index in [2.05, 4.69) is 0 Å². The number of aromatic hydroxyl groups is 1. The molecule has 0 radical (unpaired) electrons. The molecule has 0 aromatic heterocycles. The third-order valence-electron chi connectivity index (χ3n) is 2.48. The van der Waals surface area contributed by atoms with E-state index < -0.39 is 11.9 Å². The molecule has 0 spiro atoms. The van der Waals surface area contributed by atoms with Gasteiger partial charge in [-0.25, -0.2) is 0 Å². The SMILES string of the molecule is COc1c(O)ccc(C)c1C(CN)C(=O)O. The molecule has 1 rings (SSSR count). The highest BCUT2D eigenvalue weighted by molar-refractivity contribution is 5.79. The van der Waals surface area contributed by atoms with Crippen LogP contribution in [0.15, 0.2) is 12.1 Å². The summed E-state index contributed by atoms with van der Waals surface area (Å²) < 4.78 is 5.02. The van der Waals surface area contributed by atoms with E-state index in [0.717, 1.165) is 5.56 Å². The van der Waals surface area contributed by atoms with Crippen molar-refractivity contribution < 1.29 is 19.7 Å². The lowest BCUT2D eigenvalue weighted by Crippen LogP contribution is -2.22. The largest absolute Gasteiger partial charge is 0.504 e. The number of hydrogen-bond acceptors (Lipinski definition) is 4. The quantitative estimate of drug-likeness (QED) is 0.706. The third-order valence-corrected chi connectivity index (χ3v) is 2.48. The minimum atomic E-state index is -1.03. The van der Waals surface area contributed by atoms with Crippen LogP contribution in [-0.4, -0.2) is 29.8 Å². The second-order valence-corrected chi connectivity index (χ2v) is 3.48. The molecule has 16 heavy (non-hydrogen) atoms. The van der Waals surface area contributed by atoms with Crippen molar-refractivity contribution in [1.29, 1.82) is 0 Å². The molecule has 1 aromatic rings. The number of aliphatic carboxylic acids is 1. The number of methoxy groups -OCH3 is 1. The number of benzene rings is 1. The molecule has 1 unspecified atom stereocenters. The molecule has 0 aliphatic carbocycles. The summed E-state index contributed by atoms with van der Waals surface area (Å²) in [4.78, 5) is 11.0. The lowest BCUT2D eigenvalue weighted by atomic mass is 9.93. The summed E-state index contributed by atoms with van der Waals surface area (Å²) >= 11 is 0. The first kappa shape index (κ1) is 12.3. The molecule has 1 atom stereocenters. The predicted octanol–water partition coefficient (Wildman–Crippen LogP) is 0.836. The van der Waals surface area contributed by atoms with Crippen LogP contribution in [0.4, 0.5) is 0 Å². The minimum Gasteiger partial charge on any atom is -0.504 e. The Hall–Kier alpha value is -1.75. The molecule has 0 bridgehead atoms. The van der Waals surface area contributed by atoms with Gasteiger partial charge in [-0.3, -0.25) is 4.79 Å². The smallest absolute Gasteiger partial charge is 0.312 e. The summed E-state index contributed by atoms with van der Waals surface area (Å²) in [6.07, 6.45) is 0. The number of carbonyl (C=O) groups is 1. The number of carboxylic acids is 1. The van der Waals surface area contributed by atoms with Crippen molar-refractivity contribution in [3.05, 3.63) is 23.3 Å². The van der Waals surface area contributed by atoms with Crippen LogP contribution in [0.5, 0.6) is 11.5 Å². The molecular weight excluding hydrogens is 210 g/mol. The van der Waals surface area contributed by atoms with E-state index in [1.54, 1.807) is 13.0 Å². The van der Waals surface area contributed by atoms with Gasteiger partial charge in [0.2, 0.25) is 0 Å². The topological polar surface area (TPSA) is 92.8 Å². The number of rotatable bonds is 4. The summed E-state index contributed by atoms with van der Waals surface area (Å²) in [5, 5.41) is 18.6. The maximum atomic E-state index is 11.0. The second kappa shape index (κ2) is 4.85. The number of nitrogens with two attached hydrogens (primary N) is 1. The van der Waals surface area contributed by atoms with Crippen molar-refractivity contribution in [3.8, 4) is 11.5 Å². The molecule has 0 aliphatic rings. The number of ether oxygens (including phenoxy) is 1. The van der Waals surface area contributed by atoms with Gasteiger partial charge in [-0.05, 0) is 18.6 Å². The molecule has 0 saturated heterocycles. The van der Waals surface area contributed by atoms with Gasteiger partial charge >= 0.3 is 5.97 Å². The molecule has 5 heteroatoms. The zero-order valence-corrected chi connectivity index (χ0v) is 9.23. The summed E-state index contributed by atoms with van der Waals surface area (Å²) in [5.41, 5.74) is 6.59. The van der Waals surface area contributed by atoms with E-state index in [4.69, 9.17) is 15.6 Å². The number of carboxylic acid groups (broad SMARTS) is 1. The molecular formula is C11H15NO4. The molecule has 88 valence electrons. The average Bonchev–Trinajstić information content (AvgIpc) is 2.24. The fourth-order valence-electron chi connectivity index (χ4n) is 1.68. The van der Waals surface area contributed by atoms with Gasteiger partial charge < -0.3 is 20.7 Å². The zero-order valence-electron chi connectivity index (χ0n) is 9.23. The molecule has 0 fully saturated rings. The molecule has 0 saturated carbocycles. The van der Waals surface area contributed by atoms with Crippen molar-refractivity contribution in [3.63, 3.8) is 0 Å². The van der Waals surface area contributed by atoms with Crippen LogP contribution in [0, 0.1) is 6.92 Å². The Bertz CT molecular complexity index is 403. The molecule has 0 amide bonds. The molecule has 5 nitrogen and oxygen atoms in total. The van der Waals surface area contributed by atoms with Crippen LogP contribution < -0.4 is 10.5 Å². The normalized spacial score (nSPS) is 12.2. The fraction of sp³-hybridized carbons (Fsp3) is 0.364. The lowest BCUT2D eigenvalue weighted by molar-refractivity contribution is -0.138. The number of phenols is 1. The van der Waals surface area contributed by atoms with Crippen LogP contribution >= 0.6 is 0 Å². The summed E-state index contributed by atoms with van der Waals surface area (Å²) in [7, 11) is 1.38. The van der Waals surface area contributed by atoms with Gasteiger partial charge in [0, 0.05) is 12.1 Å². The molecule has 4 N–H and O–H groups in total. The Balaban J connectivity index is 3.39. The van der Waals surface area contributed by atoms with E-state index in [-0.39, 0.29) is 18.0 Å². The van der Waals surface area contributed by atoms with Gasteiger partial charge in [0.15, 0.2) is 11.5 Å². The predicted molar refractivity (Wildman–Crippen MR) is 58.8 cm³/mol. The number of hydrogen-bond donors (Lipinski definition) is 3. The Kier molecular flexibility index (Phi) is 3.73. The summed E-state index contributed by atoms with van der Waals surface area (Å²) in [6, 6.07) is 3.10. The van der Waals surface area contributed by atoms with Gasteiger partial charge in [-0.15, -0.1) is 0 Å². The monoisotopic (exact) mass is 225 g/mol. The van der Waals surface area contributed by atoms with Crippen molar-refractivity contribution in [1.82, 2.24) is 0 Å². The fourth-order valence-corrected chi connectivity index (χ4v) is 1.68. The van der Waals surface area contributed by atoms with Crippen LogP contribution in [0.25, 0.3) is 0 Å². The Morgan fingerprint density at radius 1 is 1.56 bits per heavy atom. The lowest BCUT2D eigenvalue weighted by Gasteiger charge is -2.17.